The summed E-state index contributed by atoms with van der Waals surface area (Å²) < 4.78 is 0. The van der Waals surface area contributed by atoms with E-state index in [0.29, 0.717) is 35.8 Å². The van der Waals surface area contributed by atoms with E-state index in [1.54, 1.807) is 12.1 Å². The summed E-state index contributed by atoms with van der Waals surface area (Å²) in [7, 11) is 0. The fourth-order valence-corrected chi connectivity index (χ4v) is 3.19. The van der Waals surface area contributed by atoms with Crippen molar-refractivity contribution in [3.63, 3.8) is 0 Å². The maximum atomic E-state index is 12.6. The van der Waals surface area contributed by atoms with Crippen molar-refractivity contribution in [1.82, 2.24) is 20.8 Å². The zero-order chi connectivity index (χ0) is 18.1. The predicted octanol–water partition coefficient (Wildman–Crippen LogP) is 1.82. The average molecular weight is 350 g/mol. The van der Waals surface area contributed by atoms with Crippen LogP contribution in [0.15, 0.2) is 24.4 Å². The Bertz CT molecular complexity index is 909. The molecule has 2 amide bonds. The number of fused-ring (bicyclic) bond motifs is 1. The molecular weight excluding hydrogens is 332 g/mol. The average Bonchev–Trinajstić information content (AvgIpc) is 3.28. The molecule has 1 atom stereocenters. The number of aromatic amines is 1. The van der Waals surface area contributed by atoms with Crippen LogP contribution in [0, 0.1) is 17.2 Å². The predicted molar refractivity (Wildman–Crippen MR) is 93.7 cm³/mol. The van der Waals surface area contributed by atoms with E-state index >= 15 is 0 Å². The summed E-state index contributed by atoms with van der Waals surface area (Å²) in [5, 5.41) is 24.5. The molecule has 4 N–H and O–H groups in total. The number of carbonyl (C=O) groups excluding carboxylic acids is 2. The van der Waals surface area contributed by atoms with Gasteiger partial charge in [-0.2, -0.15) is 10.4 Å². The number of carbonyl (C=O) groups is 2. The summed E-state index contributed by atoms with van der Waals surface area (Å²) in [5.74, 6) is 0.540. The SMILES string of the molecule is N#CCC(NC(=O)c1cn[nH]c1Nc1ccc2c(c1)CNC2=O)C1CC1. The molecule has 2 aliphatic rings. The van der Waals surface area contributed by atoms with Gasteiger partial charge in [-0.1, -0.05) is 0 Å². The van der Waals surface area contributed by atoms with E-state index in [0.717, 1.165) is 24.1 Å². The van der Waals surface area contributed by atoms with E-state index in [9.17, 15) is 9.59 Å². The van der Waals surface area contributed by atoms with Crippen LogP contribution in [0.2, 0.25) is 0 Å². The molecule has 1 fully saturated rings. The Hall–Kier alpha value is -3.34. The Morgan fingerprint density at radius 2 is 2.27 bits per heavy atom. The smallest absolute Gasteiger partial charge is 0.256 e. The fourth-order valence-electron chi connectivity index (χ4n) is 3.19. The topological polar surface area (TPSA) is 123 Å². The van der Waals surface area contributed by atoms with Crippen LogP contribution in [0.1, 0.15) is 45.5 Å². The van der Waals surface area contributed by atoms with Crippen LogP contribution in [0.3, 0.4) is 0 Å². The number of benzene rings is 1. The number of nitriles is 1. The number of amides is 2. The van der Waals surface area contributed by atoms with E-state index in [1.165, 1.54) is 6.20 Å². The molecule has 0 saturated heterocycles. The number of H-pyrrole nitrogens is 1. The number of nitrogens with zero attached hydrogens (tertiary/aromatic N) is 2. The standard InChI is InChI=1S/C18H18N6O2/c19-6-5-15(10-1-2-10)23-18(26)14-9-21-24-16(14)22-12-3-4-13-11(7-12)8-20-17(13)25/h3-4,7,9-10,15H,1-2,5,8H2,(H,20,25)(H,23,26)(H2,21,22,24). The quantitative estimate of drug-likeness (QED) is 0.633. The van der Waals surface area contributed by atoms with Gasteiger partial charge in [0.1, 0.15) is 11.4 Å². The largest absolute Gasteiger partial charge is 0.348 e. The second-order valence-corrected chi connectivity index (χ2v) is 6.62. The van der Waals surface area contributed by atoms with Gasteiger partial charge in [0, 0.05) is 23.8 Å². The molecule has 0 spiro atoms. The Labute approximate surface area is 150 Å². The molecule has 0 radical (unpaired) electrons. The Kier molecular flexibility index (Phi) is 4.05. The third kappa shape index (κ3) is 3.11. The van der Waals surface area contributed by atoms with Gasteiger partial charge in [-0.3, -0.25) is 14.7 Å². The van der Waals surface area contributed by atoms with Gasteiger partial charge in [0.05, 0.1) is 18.7 Å². The number of hydrogen-bond donors (Lipinski definition) is 4. The normalized spacial score (nSPS) is 16.3. The van der Waals surface area contributed by atoms with Crippen LogP contribution in [-0.2, 0) is 6.54 Å². The number of aromatic nitrogens is 2. The van der Waals surface area contributed by atoms with E-state index in [-0.39, 0.29) is 17.9 Å². The summed E-state index contributed by atoms with van der Waals surface area (Å²) in [4.78, 5) is 24.2. The summed E-state index contributed by atoms with van der Waals surface area (Å²) >= 11 is 0. The van der Waals surface area contributed by atoms with Crippen molar-refractivity contribution in [2.24, 2.45) is 5.92 Å². The molecule has 2 aromatic rings. The Morgan fingerprint density at radius 1 is 1.42 bits per heavy atom. The summed E-state index contributed by atoms with van der Waals surface area (Å²) in [6, 6.07) is 7.43. The van der Waals surface area contributed by atoms with Crippen molar-refractivity contribution in [1.29, 1.82) is 5.26 Å². The number of hydrogen-bond acceptors (Lipinski definition) is 5. The minimum Gasteiger partial charge on any atom is -0.348 e. The van der Waals surface area contributed by atoms with Crippen LogP contribution < -0.4 is 16.0 Å². The van der Waals surface area contributed by atoms with Crippen molar-refractivity contribution in [2.75, 3.05) is 5.32 Å². The molecule has 0 bridgehead atoms. The Balaban J connectivity index is 1.49. The second kappa shape index (κ2) is 6.52. The first-order valence-electron chi connectivity index (χ1n) is 8.55. The van der Waals surface area contributed by atoms with Gasteiger partial charge in [-0.05, 0) is 42.5 Å². The molecule has 1 aliphatic carbocycles. The van der Waals surface area contributed by atoms with Crippen molar-refractivity contribution in [3.8, 4) is 6.07 Å². The molecular formula is C18H18N6O2. The minimum absolute atomic E-state index is 0.0724. The van der Waals surface area contributed by atoms with Gasteiger partial charge in [-0.25, -0.2) is 0 Å². The first kappa shape index (κ1) is 16.1. The van der Waals surface area contributed by atoms with Crippen molar-refractivity contribution >= 4 is 23.3 Å². The van der Waals surface area contributed by atoms with Crippen molar-refractivity contribution < 1.29 is 9.59 Å². The van der Waals surface area contributed by atoms with Gasteiger partial charge in [0.25, 0.3) is 11.8 Å². The lowest BCUT2D eigenvalue weighted by Gasteiger charge is -2.15. The van der Waals surface area contributed by atoms with Crippen LogP contribution in [-0.4, -0.2) is 28.1 Å². The van der Waals surface area contributed by atoms with Gasteiger partial charge in [0.15, 0.2) is 0 Å². The van der Waals surface area contributed by atoms with Crippen molar-refractivity contribution in [2.45, 2.75) is 31.8 Å². The molecule has 132 valence electrons. The number of rotatable bonds is 6. The summed E-state index contributed by atoms with van der Waals surface area (Å²) in [5.41, 5.74) is 2.73. The molecule has 1 aliphatic heterocycles. The van der Waals surface area contributed by atoms with Crippen LogP contribution in [0.5, 0.6) is 0 Å². The molecule has 2 heterocycles. The minimum atomic E-state index is -0.258. The Morgan fingerprint density at radius 3 is 3.04 bits per heavy atom. The van der Waals surface area contributed by atoms with Crippen LogP contribution >= 0.6 is 0 Å². The fraction of sp³-hybridized carbons (Fsp3) is 0.333. The van der Waals surface area contributed by atoms with Crippen molar-refractivity contribution in [3.05, 3.63) is 41.1 Å². The molecule has 1 unspecified atom stereocenters. The van der Waals surface area contributed by atoms with E-state index in [1.807, 2.05) is 6.07 Å². The molecule has 1 aromatic carbocycles. The van der Waals surface area contributed by atoms with E-state index < -0.39 is 0 Å². The highest BCUT2D eigenvalue weighted by atomic mass is 16.2. The van der Waals surface area contributed by atoms with E-state index in [2.05, 4.69) is 32.2 Å². The number of nitrogens with one attached hydrogen (secondary N) is 4. The van der Waals surface area contributed by atoms with Crippen LogP contribution in [0.4, 0.5) is 11.5 Å². The van der Waals surface area contributed by atoms with E-state index in [4.69, 9.17) is 5.26 Å². The van der Waals surface area contributed by atoms with Gasteiger partial charge >= 0.3 is 0 Å². The highest BCUT2D eigenvalue weighted by molar-refractivity contribution is 6.00. The molecule has 26 heavy (non-hydrogen) atoms. The lowest BCUT2D eigenvalue weighted by atomic mass is 10.1. The zero-order valence-corrected chi connectivity index (χ0v) is 14.0. The lowest BCUT2D eigenvalue weighted by molar-refractivity contribution is 0.0932. The zero-order valence-electron chi connectivity index (χ0n) is 14.0. The second-order valence-electron chi connectivity index (χ2n) is 6.62. The first-order chi connectivity index (χ1) is 12.7. The molecule has 8 heteroatoms. The maximum absolute atomic E-state index is 12.6. The molecule has 4 rings (SSSR count). The maximum Gasteiger partial charge on any atom is 0.256 e. The third-order valence-electron chi connectivity index (χ3n) is 4.76. The first-order valence-corrected chi connectivity index (χ1v) is 8.55. The molecule has 1 saturated carbocycles. The van der Waals surface area contributed by atoms with Gasteiger partial charge in [-0.15, -0.1) is 0 Å². The molecule has 8 nitrogen and oxygen atoms in total. The third-order valence-corrected chi connectivity index (χ3v) is 4.76. The monoisotopic (exact) mass is 350 g/mol. The van der Waals surface area contributed by atoms with Crippen LogP contribution in [0.25, 0.3) is 0 Å². The lowest BCUT2D eigenvalue weighted by Crippen LogP contribution is -2.36. The summed E-state index contributed by atoms with van der Waals surface area (Å²) in [6.07, 6.45) is 3.87. The van der Waals surface area contributed by atoms with Gasteiger partial charge < -0.3 is 16.0 Å². The van der Waals surface area contributed by atoms with Gasteiger partial charge in [0.2, 0.25) is 0 Å². The number of anilines is 2. The highest BCUT2D eigenvalue weighted by Gasteiger charge is 2.32. The molecule has 1 aromatic heterocycles. The summed E-state index contributed by atoms with van der Waals surface area (Å²) in [6.45, 7) is 0.497. The highest BCUT2D eigenvalue weighted by Crippen LogP contribution is 2.34.